The number of nitrogens with two attached hydrogens (primary N) is 1. The van der Waals surface area contributed by atoms with Crippen molar-refractivity contribution in [1.82, 2.24) is 5.32 Å². The standard InChI is InChI=1S/C13H20N2O2S/c14-9-1-3-10(4-2-9)15-8-12-6-5-11(18-12)7-13(16)17/h5-6,9-10,15H,1-4,7-8,14H2,(H,16,17). The second-order valence-corrected chi connectivity index (χ2v) is 6.18. The van der Waals surface area contributed by atoms with E-state index in [1.165, 1.54) is 4.88 Å². The van der Waals surface area contributed by atoms with E-state index < -0.39 is 5.97 Å². The van der Waals surface area contributed by atoms with E-state index in [1.807, 2.05) is 12.1 Å². The van der Waals surface area contributed by atoms with Gasteiger partial charge in [-0.15, -0.1) is 11.3 Å². The molecule has 2 rings (SSSR count). The Labute approximate surface area is 111 Å². The summed E-state index contributed by atoms with van der Waals surface area (Å²) in [6.07, 6.45) is 4.63. The lowest BCUT2D eigenvalue weighted by Gasteiger charge is -2.26. The van der Waals surface area contributed by atoms with Crippen LogP contribution in [-0.2, 0) is 17.8 Å². The molecule has 0 aliphatic heterocycles. The molecule has 100 valence electrons. The Hall–Kier alpha value is -0.910. The second kappa shape index (κ2) is 6.31. The molecule has 0 bridgehead atoms. The Kier molecular flexibility index (Phi) is 4.74. The van der Waals surface area contributed by atoms with Gasteiger partial charge in [-0.25, -0.2) is 0 Å². The molecule has 1 heterocycles. The molecule has 1 aliphatic rings. The van der Waals surface area contributed by atoms with Gasteiger partial charge >= 0.3 is 5.97 Å². The van der Waals surface area contributed by atoms with Crippen LogP contribution in [0.25, 0.3) is 0 Å². The summed E-state index contributed by atoms with van der Waals surface area (Å²) < 4.78 is 0. The maximum absolute atomic E-state index is 10.6. The van der Waals surface area contributed by atoms with Crippen LogP contribution in [0.4, 0.5) is 0 Å². The first-order valence-electron chi connectivity index (χ1n) is 6.42. The third kappa shape index (κ3) is 4.08. The highest BCUT2D eigenvalue weighted by molar-refractivity contribution is 7.12. The summed E-state index contributed by atoms with van der Waals surface area (Å²) in [5, 5.41) is 12.2. The number of nitrogens with one attached hydrogen (secondary N) is 1. The Bertz CT molecular complexity index is 397. The highest BCUT2D eigenvalue weighted by Gasteiger charge is 2.17. The highest BCUT2D eigenvalue weighted by atomic mass is 32.1. The number of carbonyl (C=O) groups is 1. The molecule has 0 saturated heterocycles. The van der Waals surface area contributed by atoms with Crippen LogP contribution < -0.4 is 11.1 Å². The van der Waals surface area contributed by atoms with Gasteiger partial charge in [-0.1, -0.05) is 0 Å². The van der Waals surface area contributed by atoms with Gasteiger partial charge in [0.25, 0.3) is 0 Å². The van der Waals surface area contributed by atoms with Crippen LogP contribution in [-0.4, -0.2) is 23.2 Å². The molecule has 0 radical (unpaired) electrons. The van der Waals surface area contributed by atoms with Crippen molar-refractivity contribution >= 4 is 17.3 Å². The quantitative estimate of drug-likeness (QED) is 0.760. The minimum atomic E-state index is -0.766. The van der Waals surface area contributed by atoms with Crippen molar-refractivity contribution in [3.63, 3.8) is 0 Å². The molecule has 1 aromatic rings. The number of rotatable bonds is 5. The maximum Gasteiger partial charge on any atom is 0.308 e. The van der Waals surface area contributed by atoms with E-state index in [1.54, 1.807) is 11.3 Å². The van der Waals surface area contributed by atoms with Crippen LogP contribution in [0, 0.1) is 0 Å². The minimum absolute atomic E-state index is 0.128. The van der Waals surface area contributed by atoms with Gasteiger partial charge < -0.3 is 16.2 Å². The van der Waals surface area contributed by atoms with Gasteiger partial charge in [0.1, 0.15) is 0 Å². The van der Waals surface area contributed by atoms with Crippen molar-refractivity contribution in [2.45, 2.75) is 50.7 Å². The monoisotopic (exact) mass is 268 g/mol. The number of carboxylic acids is 1. The maximum atomic E-state index is 10.6. The lowest BCUT2D eigenvalue weighted by molar-refractivity contribution is -0.136. The summed E-state index contributed by atoms with van der Waals surface area (Å²) in [4.78, 5) is 12.7. The molecule has 1 saturated carbocycles. The Balaban J connectivity index is 1.76. The van der Waals surface area contributed by atoms with Crippen molar-refractivity contribution in [3.8, 4) is 0 Å². The van der Waals surface area contributed by atoms with E-state index in [-0.39, 0.29) is 6.42 Å². The molecule has 5 heteroatoms. The number of hydrogen-bond acceptors (Lipinski definition) is 4. The molecule has 4 nitrogen and oxygen atoms in total. The first-order valence-corrected chi connectivity index (χ1v) is 7.23. The molecule has 4 N–H and O–H groups in total. The van der Waals surface area contributed by atoms with E-state index in [4.69, 9.17) is 10.8 Å². The number of aliphatic carboxylic acids is 1. The Morgan fingerprint density at radius 3 is 2.67 bits per heavy atom. The summed E-state index contributed by atoms with van der Waals surface area (Å²) in [6, 6.07) is 4.87. The molecule has 0 amide bonds. The lowest BCUT2D eigenvalue weighted by Crippen LogP contribution is -2.36. The van der Waals surface area contributed by atoms with Gasteiger partial charge in [0.2, 0.25) is 0 Å². The predicted octanol–water partition coefficient (Wildman–Crippen LogP) is 1.73. The third-order valence-corrected chi connectivity index (χ3v) is 4.46. The van der Waals surface area contributed by atoms with Crippen LogP contribution >= 0.6 is 11.3 Å². The molecular weight excluding hydrogens is 248 g/mol. The van der Waals surface area contributed by atoms with Crippen molar-refractivity contribution in [3.05, 3.63) is 21.9 Å². The SMILES string of the molecule is NC1CCC(NCc2ccc(CC(=O)O)s2)CC1. The van der Waals surface area contributed by atoms with E-state index in [0.29, 0.717) is 12.1 Å². The summed E-state index contributed by atoms with van der Waals surface area (Å²) in [7, 11) is 0. The summed E-state index contributed by atoms with van der Waals surface area (Å²) in [5.74, 6) is -0.766. The van der Waals surface area contributed by atoms with Gasteiger partial charge in [-0.2, -0.15) is 0 Å². The number of carboxylic acid groups (broad SMARTS) is 1. The van der Waals surface area contributed by atoms with Gasteiger partial charge in [0.15, 0.2) is 0 Å². The molecule has 0 atom stereocenters. The van der Waals surface area contributed by atoms with Crippen molar-refractivity contribution in [1.29, 1.82) is 0 Å². The van der Waals surface area contributed by atoms with Crippen LogP contribution in [0.2, 0.25) is 0 Å². The zero-order chi connectivity index (χ0) is 13.0. The zero-order valence-electron chi connectivity index (χ0n) is 10.4. The Morgan fingerprint density at radius 1 is 1.33 bits per heavy atom. The van der Waals surface area contributed by atoms with Crippen LogP contribution in [0.15, 0.2) is 12.1 Å². The fraction of sp³-hybridized carbons (Fsp3) is 0.615. The molecule has 1 fully saturated rings. The third-order valence-electron chi connectivity index (χ3n) is 3.38. The van der Waals surface area contributed by atoms with Gasteiger partial charge in [0.05, 0.1) is 6.42 Å². The number of thiophene rings is 1. The average molecular weight is 268 g/mol. The molecule has 0 spiro atoms. The summed E-state index contributed by atoms with van der Waals surface area (Å²) >= 11 is 1.58. The molecular formula is C13H20N2O2S. The first kappa shape index (κ1) is 13.5. The van der Waals surface area contributed by atoms with E-state index in [2.05, 4.69) is 5.32 Å². The lowest BCUT2D eigenvalue weighted by atomic mass is 9.92. The van der Waals surface area contributed by atoms with E-state index >= 15 is 0 Å². The summed E-state index contributed by atoms with van der Waals surface area (Å²) in [5.41, 5.74) is 5.87. The normalized spacial score (nSPS) is 24.1. The molecule has 18 heavy (non-hydrogen) atoms. The first-order chi connectivity index (χ1) is 8.63. The molecule has 1 aliphatic carbocycles. The van der Waals surface area contributed by atoms with Gasteiger partial charge in [-0.3, -0.25) is 4.79 Å². The minimum Gasteiger partial charge on any atom is -0.481 e. The predicted molar refractivity (Wildman–Crippen MR) is 72.7 cm³/mol. The van der Waals surface area contributed by atoms with Crippen molar-refractivity contribution in [2.75, 3.05) is 0 Å². The largest absolute Gasteiger partial charge is 0.481 e. The van der Waals surface area contributed by atoms with Crippen LogP contribution in [0.3, 0.4) is 0 Å². The van der Waals surface area contributed by atoms with Crippen LogP contribution in [0.5, 0.6) is 0 Å². The Morgan fingerprint density at radius 2 is 2.00 bits per heavy atom. The van der Waals surface area contributed by atoms with Crippen molar-refractivity contribution < 1.29 is 9.90 Å². The van der Waals surface area contributed by atoms with Gasteiger partial charge in [0, 0.05) is 28.4 Å². The molecule has 0 unspecified atom stereocenters. The zero-order valence-corrected chi connectivity index (χ0v) is 11.2. The fourth-order valence-electron chi connectivity index (χ4n) is 2.33. The topological polar surface area (TPSA) is 75.3 Å². The van der Waals surface area contributed by atoms with Crippen LogP contribution in [0.1, 0.15) is 35.4 Å². The van der Waals surface area contributed by atoms with Crippen molar-refractivity contribution in [2.24, 2.45) is 5.73 Å². The van der Waals surface area contributed by atoms with Gasteiger partial charge in [-0.05, 0) is 37.8 Å². The van der Waals surface area contributed by atoms with E-state index in [9.17, 15) is 4.79 Å². The molecule has 1 aromatic heterocycles. The molecule has 0 aromatic carbocycles. The highest BCUT2D eigenvalue weighted by Crippen LogP contribution is 2.20. The average Bonchev–Trinajstić information content (AvgIpc) is 2.75. The smallest absolute Gasteiger partial charge is 0.308 e. The summed E-state index contributed by atoms with van der Waals surface area (Å²) in [6.45, 7) is 0.837. The van der Waals surface area contributed by atoms with E-state index in [0.717, 1.165) is 37.1 Å². The number of hydrogen-bond donors (Lipinski definition) is 3. The second-order valence-electron chi connectivity index (χ2n) is 4.93. The fourth-order valence-corrected chi connectivity index (χ4v) is 3.29.